The molecule has 2 atom stereocenters. The lowest BCUT2D eigenvalue weighted by Crippen LogP contribution is -2.57. The maximum absolute atomic E-state index is 13.0. The van der Waals surface area contributed by atoms with Gasteiger partial charge in [-0.15, -0.1) is 0 Å². The topological polar surface area (TPSA) is 65.1 Å². The van der Waals surface area contributed by atoms with Crippen LogP contribution in [0.25, 0.3) is 0 Å². The van der Waals surface area contributed by atoms with E-state index in [1.807, 2.05) is 29.0 Å². The Hall–Kier alpha value is -2.12. The van der Waals surface area contributed by atoms with Crippen molar-refractivity contribution in [3.63, 3.8) is 0 Å². The number of benzene rings is 1. The Kier molecular flexibility index (Phi) is 6.02. The van der Waals surface area contributed by atoms with E-state index in [1.165, 1.54) is 5.56 Å². The molecule has 1 aromatic carbocycles. The molecule has 3 fully saturated rings. The van der Waals surface area contributed by atoms with E-state index in [-0.39, 0.29) is 23.4 Å². The summed E-state index contributed by atoms with van der Waals surface area (Å²) in [6.45, 7) is 7.35. The van der Waals surface area contributed by atoms with Gasteiger partial charge in [0.25, 0.3) is 0 Å². The molecule has 3 aliphatic heterocycles. The highest BCUT2D eigenvalue weighted by Crippen LogP contribution is 2.48. The first-order valence-electron chi connectivity index (χ1n) is 11.0. The monoisotopic (exact) mass is 414 g/mol. The number of urea groups is 1. The van der Waals surface area contributed by atoms with Crippen molar-refractivity contribution in [3.8, 4) is 0 Å². The van der Waals surface area contributed by atoms with Gasteiger partial charge in [0.05, 0.1) is 18.1 Å². The van der Waals surface area contributed by atoms with Gasteiger partial charge in [-0.05, 0) is 30.9 Å². The van der Waals surface area contributed by atoms with Crippen LogP contribution in [-0.4, -0.2) is 85.7 Å². The highest BCUT2D eigenvalue weighted by Gasteiger charge is 2.60. The fourth-order valence-electron chi connectivity index (χ4n) is 5.69. The van der Waals surface area contributed by atoms with E-state index in [1.54, 1.807) is 7.11 Å². The molecule has 0 aliphatic carbocycles. The molecule has 0 bridgehead atoms. The van der Waals surface area contributed by atoms with Crippen molar-refractivity contribution in [2.75, 3.05) is 53.5 Å². The van der Waals surface area contributed by atoms with Crippen LogP contribution in [0, 0.1) is 18.8 Å². The minimum atomic E-state index is -0.115. The number of ether oxygens (including phenoxy) is 1. The molecule has 3 amide bonds. The summed E-state index contributed by atoms with van der Waals surface area (Å²) in [7, 11) is 3.69. The first-order chi connectivity index (χ1) is 14.5. The second kappa shape index (κ2) is 8.55. The summed E-state index contributed by atoms with van der Waals surface area (Å²) in [6.07, 6.45) is 1.71. The number of hydrogen-bond acceptors (Lipinski definition) is 4. The van der Waals surface area contributed by atoms with E-state index in [2.05, 4.69) is 29.3 Å². The molecule has 0 saturated carbocycles. The lowest BCUT2D eigenvalue weighted by Gasteiger charge is -2.46. The van der Waals surface area contributed by atoms with Gasteiger partial charge in [0.1, 0.15) is 0 Å². The Bertz CT molecular complexity index is 790. The number of nitrogens with one attached hydrogen (secondary N) is 1. The van der Waals surface area contributed by atoms with Gasteiger partial charge in [0.2, 0.25) is 5.91 Å². The van der Waals surface area contributed by atoms with Gasteiger partial charge in [-0.1, -0.05) is 24.3 Å². The smallest absolute Gasteiger partial charge is 0.317 e. The number of hydrogen-bond donors (Lipinski definition) is 1. The molecule has 3 saturated heterocycles. The average Bonchev–Trinajstić information content (AvgIpc) is 3.27. The Morgan fingerprint density at radius 2 is 1.97 bits per heavy atom. The summed E-state index contributed by atoms with van der Waals surface area (Å²) in [6, 6.07) is 8.11. The van der Waals surface area contributed by atoms with Gasteiger partial charge in [-0.3, -0.25) is 9.69 Å². The summed E-state index contributed by atoms with van der Waals surface area (Å²) >= 11 is 0. The van der Waals surface area contributed by atoms with Crippen molar-refractivity contribution in [2.45, 2.75) is 31.8 Å². The van der Waals surface area contributed by atoms with Gasteiger partial charge in [0, 0.05) is 59.3 Å². The number of rotatable bonds is 5. The SMILES string of the molecule is COCCN1C[C@H]2C(=O)N(C)C3(CCN(C(=O)NCc4ccccc4C)CC3)[C@H]2C1. The normalized spacial score (nSPS) is 25.8. The molecule has 30 heavy (non-hydrogen) atoms. The van der Waals surface area contributed by atoms with E-state index in [0.29, 0.717) is 32.2 Å². The molecule has 1 spiro atoms. The number of nitrogens with zero attached hydrogens (tertiary/aromatic N) is 3. The van der Waals surface area contributed by atoms with Crippen LogP contribution in [0.3, 0.4) is 0 Å². The van der Waals surface area contributed by atoms with Gasteiger partial charge in [-0.2, -0.15) is 0 Å². The van der Waals surface area contributed by atoms with Gasteiger partial charge in [-0.25, -0.2) is 4.79 Å². The predicted molar refractivity (Wildman–Crippen MR) is 115 cm³/mol. The average molecular weight is 415 g/mol. The second-order valence-corrected chi connectivity index (χ2v) is 9.04. The fraction of sp³-hybridized carbons (Fsp3) is 0.652. The number of likely N-dealkylation sites (tertiary alicyclic amines) is 3. The van der Waals surface area contributed by atoms with Crippen LogP contribution < -0.4 is 5.32 Å². The first-order valence-corrected chi connectivity index (χ1v) is 11.0. The lowest BCUT2D eigenvalue weighted by molar-refractivity contribution is -0.133. The third-order valence-electron chi connectivity index (χ3n) is 7.62. The van der Waals surface area contributed by atoms with Crippen molar-refractivity contribution in [2.24, 2.45) is 11.8 Å². The number of aryl methyl sites for hydroxylation is 1. The molecule has 0 radical (unpaired) electrons. The molecule has 164 valence electrons. The predicted octanol–water partition coefficient (Wildman–Crippen LogP) is 1.71. The molecule has 0 unspecified atom stereocenters. The van der Waals surface area contributed by atoms with Gasteiger partial charge in [0.15, 0.2) is 0 Å². The third-order valence-corrected chi connectivity index (χ3v) is 7.62. The van der Waals surface area contributed by atoms with E-state index < -0.39 is 0 Å². The second-order valence-electron chi connectivity index (χ2n) is 9.04. The summed E-state index contributed by atoms with van der Waals surface area (Å²) in [5, 5.41) is 3.07. The Labute approximate surface area is 179 Å². The fourth-order valence-corrected chi connectivity index (χ4v) is 5.69. The molecule has 3 heterocycles. The van der Waals surface area contributed by atoms with Crippen LogP contribution in [-0.2, 0) is 16.1 Å². The standard InChI is InChI=1S/C23H34N4O3/c1-17-6-4-5-7-18(17)14-24-22(29)27-10-8-23(9-11-27)20-16-26(12-13-30-3)15-19(20)21(28)25(23)2/h4-7,19-20H,8-16H2,1-3H3,(H,24,29)/t19-,20+/m1/s1. The van der Waals surface area contributed by atoms with Crippen molar-refractivity contribution < 1.29 is 14.3 Å². The quantitative estimate of drug-likeness (QED) is 0.797. The number of piperidine rings is 1. The van der Waals surface area contributed by atoms with E-state index in [4.69, 9.17) is 4.74 Å². The summed E-state index contributed by atoms with van der Waals surface area (Å²) in [5.74, 6) is 0.717. The minimum Gasteiger partial charge on any atom is -0.383 e. The molecular formula is C23H34N4O3. The lowest BCUT2D eigenvalue weighted by atomic mass is 9.75. The van der Waals surface area contributed by atoms with Gasteiger partial charge >= 0.3 is 6.03 Å². The number of fused-ring (bicyclic) bond motifs is 2. The van der Waals surface area contributed by atoms with E-state index in [0.717, 1.165) is 38.0 Å². The summed E-state index contributed by atoms with van der Waals surface area (Å²) in [4.78, 5) is 32.0. The van der Waals surface area contributed by atoms with Crippen LogP contribution in [0.2, 0.25) is 0 Å². The molecule has 1 N–H and O–H groups in total. The van der Waals surface area contributed by atoms with Crippen LogP contribution in [0.4, 0.5) is 4.79 Å². The highest BCUT2D eigenvalue weighted by molar-refractivity contribution is 5.84. The zero-order chi connectivity index (χ0) is 21.3. The largest absolute Gasteiger partial charge is 0.383 e. The van der Waals surface area contributed by atoms with E-state index >= 15 is 0 Å². The Morgan fingerprint density at radius 3 is 2.67 bits per heavy atom. The van der Waals surface area contributed by atoms with Crippen molar-refractivity contribution in [1.82, 2.24) is 20.0 Å². The van der Waals surface area contributed by atoms with Crippen molar-refractivity contribution >= 4 is 11.9 Å². The molecule has 7 nitrogen and oxygen atoms in total. The maximum atomic E-state index is 13.0. The van der Waals surface area contributed by atoms with Crippen molar-refractivity contribution in [1.29, 1.82) is 0 Å². The molecule has 4 rings (SSSR count). The molecule has 7 heteroatoms. The zero-order valence-corrected chi connectivity index (χ0v) is 18.4. The van der Waals surface area contributed by atoms with Crippen LogP contribution in [0.5, 0.6) is 0 Å². The first kappa shape index (κ1) is 21.1. The maximum Gasteiger partial charge on any atom is 0.317 e. The summed E-state index contributed by atoms with van der Waals surface area (Å²) in [5.41, 5.74) is 2.22. The van der Waals surface area contributed by atoms with Crippen LogP contribution in [0.15, 0.2) is 24.3 Å². The molecule has 0 aromatic heterocycles. The molecule has 1 aromatic rings. The number of amides is 3. The highest BCUT2D eigenvalue weighted by atomic mass is 16.5. The number of methoxy groups -OCH3 is 1. The molecule has 3 aliphatic rings. The third kappa shape index (κ3) is 3.69. The van der Waals surface area contributed by atoms with Crippen LogP contribution in [0.1, 0.15) is 24.0 Å². The van der Waals surface area contributed by atoms with Gasteiger partial charge < -0.3 is 19.9 Å². The van der Waals surface area contributed by atoms with E-state index in [9.17, 15) is 9.59 Å². The van der Waals surface area contributed by atoms with Crippen LogP contribution >= 0.6 is 0 Å². The summed E-state index contributed by atoms with van der Waals surface area (Å²) < 4.78 is 5.23. The minimum absolute atomic E-state index is 0.00947. The Balaban J connectivity index is 1.36. The molecular weight excluding hydrogens is 380 g/mol. The van der Waals surface area contributed by atoms with Crippen molar-refractivity contribution in [3.05, 3.63) is 35.4 Å². The number of carbonyl (C=O) groups excluding carboxylic acids is 2. The number of carbonyl (C=O) groups is 2. The Morgan fingerprint density at radius 1 is 1.23 bits per heavy atom. The zero-order valence-electron chi connectivity index (χ0n) is 18.4.